The Kier molecular flexibility index (Phi) is 10.1. The molecule has 0 aromatic carbocycles. The average Bonchev–Trinajstić information content (AvgIpc) is 3.63. The molecule has 226 valence electrons. The van der Waals surface area contributed by atoms with Gasteiger partial charge in [0, 0.05) is 26.5 Å². The Bertz CT molecular complexity index is 1400. The van der Waals surface area contributed by atoms with E-state index < -0.39 is 66.9 Å². The third kappa shape index (κ3) is 6.30. The molecule has 0 bridgehead atoms. The van der Waals surface area contributed by atoms with Gasteiger partial charge in [-0.1, -0.05) is 0 Å². The molecule has 0 aliphatic carbocycles. The van der Waals surface area contributed by atoms with Gasteiger partial charge < -0.3 is 49.8 Å². The van der Waals surface area contributed by atoms with E-state index in [1.54, 1.807) is 4.57 Å². The number of aliphatic hydroxyl groups is 4. The van der Waals surface area contributed by atoms with Crippen molar-refractivity contribution in [3.8, 4) is 0 Å². The highest BCUT2D eigenvalue weighted by atomic mass is 16.6. The van der Waals surface area contributed by atoms with Gasteiger partial charge in [0.15, 0.2) is 23.9 Å². The van der Waals surface area contributed by atoms with Crippen molar-refractivity contribution in [2.75, 3.05) is 46.4 Å². The second kappa shape index (κ2) is 13.6. The topological polar surface area (TPSA) is 252 Å². The van der Waals surface area contributed by atoms with Crippen molar-refractivity contribution in [1.29, 1.82) is 0 Å². The first kappa shape index (κ1) is 30.6. The third-order valence-corrected chi connectivity index (χ3v) is 6.64. The first-order valence-electron chi connectivity index (χ1n) is 12.5. The Hall–Kier alpha value is -3.33. The predicted octanol–water partition coefficient (Wildman–Crippen LogP) is -3.51. The van der Waals surface area contributed by atoms with Gasteiger partial charge in [0.1, 0.15) is 48.5 Å². The van der Waals surface area contributed by atoms with Crippen molar-refractivity contribution >= 4 is 17.0 Å². The maximum Gasteiger partial charge on any atom is 0.330 e. The highest BCUT2D eigenvalue weighted by Gasteiger charge is 2.46. The van der Waals surface area contributed by atoms with Gasteiger partial charge >= 0.3 is 5.69 Å². The number of nitrogens with one attached hydrogen (secondary N) is 1. The zero-order chi connectivity index (χ0) is 29.7. The van der Waals surface area contributed by atoms with Crippen molar-refractivity contribution in [2.45, 2.75) is 49.1 Å². The van der Waals surface area contributed by atoms with E-state index in [0.29, 0.717) is 17.8 Å². The van der Waals surface area contributed by atoms with Crippen LogP contribution >= 0.6 is 0 Å². The number of imidazole rings is 1. The van der Waals surface area contributed by atoms with Gasteiger partial charge in [-0.2, -0.15) is 0 Å². The molecule has 3 aromatic rings. The van der Waals surface area contributed by atoms with E-state index in [2.05, 4.69) is 19.9 Å². The summed E-state index contributed by atoms with van der Waals surface area (Å²) < 4.78 is 29.4. The summed E-state index contributed by atoms with van der Waals surface area (Å²) in [6.45, 7) is -0.226. The Morgan fingerprint density at radius 1 is 0.976 bits per heavy atom. The maximum atomic E-state index is 11.8. The minimum atomic E-state index is -1.10. The molecule has 2 saturated heterocycles. The molecule has 7 N–H and O–H groups in total. The molecule has 0 saturated carbocycles. The van der Waals surface area contributed by atoms with E-state index in [1.165, 1.54) is 33.1 Å². The molecule has 41 heavy (non-hydrogen) atoms. The Balaban J connectivity index is 0.000000189. The highest BCUT2D eigenvalue weighted by Crippen LogP contribution is 2.33. The number of methoxy groups -OCH3 is 2. The SMILES string of the molecule is COC1[C@@H](O)[C@@H](CO)O[C@H]1n1cnc2c(N)ncnc21.COCCOC1[C@@H](O)[C@@H](CO)O[C@H]1n1ccc(=O)[nH]c1=O. The lowest BCUT2D eigenvalue weighted by atomic mass is 10.1. The number of nitrogens with two attached hydrogens (primary N) is 1. The van der Waals surface area contributed by atoms with Gasteiger partial charge in [-0.15, -0.1) is 0 Å². The van der Waals surface area contributed by atoms with Crippen molar-refractivity contribution in [3.05, 3.63) is 45.8 Å². The average molecular weight is 584 g/mol. The maximum absolute atomic E-state index is 11.8. The summed E-state index contributed by atoms with van der Waals surface area (Å²) in [4.78, 5) is 37.1. The molecule has 5 rings (SSSR count). The quantitative estimate of drug-likeness (QED) is 0.134. The van der Waals surface area contributed by atoms with Crippen molar-refractivity contribution < 1.29 is 44.1 Å². The number of hydrogen-bond donors (Lipinski definition) is 6. The zero-order valence-electron chi connectivity index (χ0n) is 22.2. The van der Waals surface area contributed by atoms with Crippen LogP contribution in [-0.4, -0.2) is 127 Å². The predicted molar refractivity (Wildman–Crippen MR) is 137 cm³/mol. The molecule has 0 radical (unpaired) electrons. The summed E-state index contributed by atoms with van der Waals surface area (Å²) in [7, 11) is 2.97. The van der Waals surface area contributed by atoms with E-state index >= 15 is 0 Å². The van der Waals surface area contributed by atoms with Crippen molar-refractivity contribution in [2.24, 2.45) is 0 Å². The van der Waals surface area contributed by atoms with Crippen LogP contribution in [0.2, 0.25) is 0 Å². The second-order valence-corrected chi connectivity index (χ2v) is 9.11. The smallest absolute Gasteiger partial charge is 0.330 e. The summed E-state index contributed by atoms with van der Waals surface area (Å²) in [6.07, 6.45) is -2.65. The van der Waals surface area contributed by atoms with Crippen LogP contribution in [0.25, 0.3) is 11.2 Å². The van der Waals surface area contributed by atoms with Crippen LogP contribution in [0, 0.1) is 0 Å². The van der Waals surface area contributed by atoms with Crippen LogP contribution in [0.15, 0.2) is 34.5 Å². The van der Waals surface area contributed by atoms with Crippen molar-refractivity contribution in [3.63, 3.8) is 0 Å². The number of fused-ring (bicyclic) bond motifs is 1. The van der Waals surface area contributed by atoms with E-state index in [9.17, 15) is 30.0 Å². The fourth-order valence-electron chi connectivity index (χ4n) is 4.57. The molecule has 2 fully saturated rings. The third-order valence-electron chi connectivity index (χ3n) is 6.64. The van der Waals surface area contributed by atoms with Gasteiger partial charge in [0.25, 0.3) is 5.56 Å². The first-order valence-corrected chi connectivity index (χ1v) is 12.5. The Labute approximate surface area is 231 Å². The summed E-state index contributed by atoms with van der Waals surface area (Å²) in [6, 6.07) is 1.16. The second-order valence-electron chi connectivity index (χ2n) is 9.11. The fourth-order valence-corrected chi connectivity index (χ4v) is 4.57. The largest absolute Gasteiger partial charge is 0.394 e. The lowest BCUT2D eigenvalue weighted by molar-refractivity contribution is -0.0819. The van der Waals surface area contributed by atoms with E-state index in [4.69, 9.17) is 29.4 Å². The summed E-state index contributed by atoms with van der Waals surface area (Å²) >= 11 is 0. The molecule has 3 aromatic heterocycles. The zero-order valence-corrected chi connectivity index (χ0v) is 22.2. The number of aromatic amines is 1. The monoisotopic (exact) mass is 583 g/mol. The lowest BCUT2D eigenvalue weighted by Crippen LogP contribution is -2.39. The number of anilines is 1. The molecule has 0 amide bonds. The molecule has 2 unspecified atom stereocenters. The summed E-state index contributed by atoms with van der Waals surface area (Å²) in [5, 5.41) is 38.5. The molecular formula is C23H33N7O11. The van der Waals surface area contributed by atoms with Crippen LogP contribution < -0.4 is 17.0 Å². The van der Waals surface area contributed by atoms with E-state index in [-0.39, 0.29) is 19.0 Å². The van der Waals surface area contributed by atoms with Crippen LogP contribution in [0.5, 0.6) is 0 Å². The van der Waals surface area contributed by atoms with Gasteiger partial charge in [-0.05, 0) is 0 Å². The number of rotatable bonds is 9. The van der Waals surface area contributed by atoms with E-state index in [1.807, 2.05) is 0 Å². The fraction of sp³-hybridized carbons (Fsp3) is 0.609. The molecule has 8 atom stereocenters. The highest BCUT2D eigenvalue weighted by molar-refractivity contribution is 5.81. The minimum absolute atomic E-state index is 0.189. The number of nitrogen functional groups attached to an aromatic ring is 1. The summed E-state index contributed by atoms with van der Waals surface area (Å²) in [5.41, 5.74) is 5.44. The van der Waals surface area contributed by atoms with Gasteiger partial charge in [-0.3, -0.25) is 18.9 Å². The number of nitrogens with zero attached hydrogens (tertiary/aromatic N) is 5. The normalized spacial score (nSPS) is 29.5. The molecule has 18 nitrogen and oxygen atoms in total. The van der Waals surface area contributed by atoms with Crippen molar-refractivity contribution in [1.82, 2.24) is 29.1 Å². The van der Waals surface area contributed by atoms with Crippen LogP contribution in [0.4, 0.5) is 5.82 Å². The number of H-pyrrole nitrogens is 1. The van der Waals surface area contributed by atoms with Crippen LogP contribution in [0.1, 0.15) is 12.5 Å². The minimum Gasteiger partial charge on any atom is -0.394 e. The molecule has 5 heterocycles. The standard InChI is InChI=1S/C12H18N2O7.C11H15N5O4/c1-19-4-5-20-10-9(17)7(6-15)21-11(10)14-3-2-8(16)13-12(14)18;1-19-8-7(18)5(2-17)20-11(8)16-4-15-6-9(12)13-3-14-10(6)16/h2-3,7,9-11,15,17H,4-6H2,1H3,(H,13,16,18);3-5,7-8,11,17-18H,2H2,1H3,(H2,12,13,14)/t7-,9+,10?,11-;5-,7+,8?,11-/m11/s1. The molecule has 2 aliphatic rings. The molecule has 0 spiro atoms. The number of ether oxygens (including phenoxy) is 5. The summed E-state index contributed by atoms with van der Waals surface area (Å²) in [5.74, 6) is 0.264. The Morgan fingerprint density at radius 3 is 2.24 bits per heavy atom. The molecule has 2 aliphatic heterocycles. The van der Waals surface area contributed by atoms with Crippen LogP contribution in [-0.2, 0) is 23.7 Å². The Morgan fingerprint density at radius 2 is 1.63 bits per heavy atom. The van der Waals surface area contributed by atoms with E-state index in [0.717, 1.165) is 10.6 Å². The first-order chi connectivity index (χ1) is 19.7. The van der Waals surface area contributed by atoms with Gasteiger partial charge in [0.05, 0.1) is 32.8 Å². The van der Waals surface area contributed by atoms with Crippen LogP contribution in [0.3, 0.4) is 0 Å². The number of aromatic nitrogens is 6. The molecular weight excluding hydrogens is 550 g/mol. The van der Waals surface area contributed by atoms with Gasteiger partial charge in [-0.25, -0.2) is 19.7 Å². The number of aliphatic hydroxyl groups excluding tert-OH is 4. The lowest BCUT2D eigenvalue weighted by Gasteiger charge is -2.22. The number of hydrogen-bond acceptors (Lipinski definition) is 15. The van der Waals surface area contributed by atoms with Gasteiger partial charge in [0.2, 0.25) is 0 Å². The molecule has 18 heteroatoms.